The Morgan fingerprint density at radius 3 is 2.72 bits per heavy atom. The summed E-state index contributed by atoms with van der Waals surface area (Å²) in [4.78, 5) is 2.73. The molecule has 0 spiro atoms. The number of piperidine rings is 1. The normalized spacial score (nSPS) is 45.3. The van der Waals surface area contributed by atoms with Crippen LogP contribution in [0.15, 0.2) is 0 Å². The topological polar surface area (TPSA) is 24.5 Å². The molecule has 102 valence electrons. The first kappa shape index (κ1) is 11.7. The van der Waals surface area contributed by atoms with E-state index in [1.54, 1.807) is 0 Å². The van der Waals surface area contributed by atoms with Crippen molar-refractivity contribution in [1.29, 1.82) is 0 Å². The Balaban J connectivity index is 1.38. The van der Waals surface area contributed by atoms with Gasteiger partial charge in [-0.3, -0.25) is 4.90 Å². The van der Waals surface area contributed by atoms with Gasteiger partial charge in [0.15, 0.2) is 0 Å². The predicted molar refractivity (Wildman–Crippen MR) is 71.6 cm³/mol. The zero-order valence-electron chi connectivity index (χ0n) is 11.3. The highest BCUT2D eigenvalue weighted by molar-refractivity contribution is 5.00. The second kappa shape index (κ2) is 4.77. The lowest BCUT2D eigenvalue weighted by atomic mass is 9.97. The Hall–Kier alpha value is -0.120. The van der Waals surface area contributed by atoms with E-state index in [4.69, 9.17) is 4.74 Å². The molecule has 3 nitrogen and oxygen atoms in total. The molecule has 0 aromatic carbocycles. The van der Waals surface area contributed by atoms with E-state index in [0.29, 0.717) is 12.1 Å². The lowest BCUT2D eigenvalue weighted by molar-refractivity contribution is 0.0762. The molecule has 4 rings (SSSR count). The molecule has 0 aromatic heterocycles. The summed E-state index contributed by atoms with van der Waals surface area (Å²) in [6.45, 7) is 3.65. The van der Waals surface area contributed by atoms with E-state index in [1.807, 2.05) is 0 Å². The monoisotopic (exact) mass is 250 g/mol. The van der Waals surface area contributed by atoms with Gasteiger partial charge >= 0.3 is 0 Å². The molecular weight excluding hydrogens is 224 g/mol. The maximum absolute atomic E-state index is 5.96. The van der Waals surface area contributed by atoms with Crippen molar-refractivity contribution in [2.45, 2.75) is 69.2 Å². The largest absolute Gasteiger partial charge is 0.376 e. The summed E-state index contributed by atoms with van der Waals surface area (Å²) in [6.07, 6.45) is 10.2. The quantitative estimate of drug-likeness (QED) is 0.826. The fourth-order valence-corrected chi connectivity index (χ4v) is 4.40. The molecule has 0 amide bonds. The van der Waals surface area contributed by atoms with Crippen molar-refractivity contribution >= 4 is 0 Å². The van der Waals surface area contributed by atoms with Gasteiger partial charge in [0, 0.05) is 31.3 Å². The Morgan fingerprint density at radius 2 is 1.83 bits per heavy atom. The van der Waals surface area contributed by atoms with Crippen molar-refractivity contribution in [1.82, 2.24) is 10.2 Å². The Kier molecular flexibility index (Phi) is 3.10. The van der Waals surface area contributed by atoms with E-state index in [-0.39, 0.29) is 0 Å². The van der Waals surface area contributed by atoms with E-state index in [9.17, 15) is 0 Å². The minimum Gasteiger partial charge on any atom is -0.376 e. The summed E-state index contributed by atoms with van der Waals surface area (Å²) in [7, 11) is 0. The van der Waals surface area contributed by atoms with Gasteiger partial charge in [0.05, 0.1) is 6.10 Å². The van der Waals surface area contributed by atoms with Crippen LogP contribution in [0.1, 0.15) is 44.9 Å². The van der Waals surface area contributed by atoms with Crippen LogP contribution >= 0.6 is 0 Å². The van der Waals surface area contributed by atoms with Gasteiger partial charge in [-0.2, -0.15) is 0 Å². The Labute approximate surface area is 110 Å². The first-order valence-corrected chi connectivity index (χ1v) is 8.03. The maximum Gasteiger partial charge on any atom is 0.0757 e. The maximum atomic E-state index is 5.96. The highest BCUT2D eigenvalue weighted by atomic mass is 16.5. The molecular formula is C15H26N2O. The molecule has 0 bridgehead atoms. The van der Waals surface area contributed by atoms with Gasteiger partial charge in [0.2, 0.25) is 0 Å². The molecule has 18 heavy (non-hydrogen) atoms. The molecule has 3 heteroatoms. The van der Waals surface area contributed by atoms with Crippen LogP contribution in [0.4, 0.5) is 0 Å². The zero-order chi connectivity index (χ0) is 11.9. The second-order valence-corrected chi connectivity index (χ2v) is 6.73. The molecule has 3 aliphatic heterocycles. The van der Waals surface area contributed by atoms with Crippen molar-refractivity contribution in [3.05, 3.63) is 0 Å². The SMILES string of the molecule is C1CCN2CCC(NC3CCOC3C3CC3)C2C1. The summed E-state index contributed by atoms with van der Waals surface area (Å²) < 4.78 is 5.96. The predicted octanol–water partition coefficient (Wildman–Crippen LogP) is 1.77. The first-order valence-electron chi connectivity index (χ1n) is 8.03. The number of nitrogens with zero attached hydrogens (tertiary/aromatic N) is 1. The number of rotatable bonds is 3. The number of fused-ring (bicyclic) bond motifs is 1. The average Bonchev–Trinajstić information content (AvgIpc) is 3.01. The van der Waals surface area contributed by atoms with Gasteiger partial charge in [-0.25, -0.2) is 0 Å². The van der Waals surface area contributed by atoms with Gasteiger partial charge < -0.3 is 10.1 Å². The molecule has 4 atom stereocenters. The highest BCUT2D eigenvalue weighted by Crippen LogP contribution is 2.39. The van der Waals surface area contributed by atoms with E-state index < -0.39 is 0 Å². The molecule has 0 aromatic rings. The molecule has 1 saturated carbocycles. The molecule has 4 unspecified atom stereocenters. The standard InChI is InChI=1S/C15H26N2O/c1-2-8-17-9-6-12(14(17)3-1)16-13-7-10-18-15(13)11-4-5-11/h11-16H,1-10H2. The van der Waals surface area contributed by atoms with Gasteiger partial charge in [0.1, 0.15) is 0 Å². The number of ether oxygens (including phenoxy) is 1. The number of hydrogen-bond donors (Lipinski definition) is 1. The number of hydrogen-bond acceptors (Lipinski definition) is 3. The van der Waals surface area contributed by atoms with Crippen molar-refractivity contribution < 1.29 is 4.74 Å². The lowest BCUT2D eigenvalue weighted by Gasteiger charge is -2.34. The second-order valence-electron chi connectivity index (χ2n) is 6.73. The van der Waals surface area contributed by atoms with Gasteiger partial charge in [-0.15, -0.1) is 0 Å². The average molecular weight is 250 g/mol. The fourth-order valence-electron chi connectivity index (χ4n) is 4.40. The summed E-state index contributed by atoms with van der Waals surface area (Å²) in [5, 5.41) is 3.98. The van der Waals surface area contributed by atoms with Crippen molar-refractivity contribution in [2.24, 2.45) is 5.92 Å². The molecule has 4 aliphatic rings. The Bertz CT molecular complexity index is 305. The third kappa shape index (κ3) is 2.10. The Morgan fingerprint density at radius 1 is 0.889 bits per heavy atom. The molecule has 3 saturated heterocycles. The van der Waals surface area contributed by atoms with Crippen LogP contribution in [0.2, 0.25) is 0 Å². The first-order chi connectivity index (χ1) is 8.92. The van der Waals surface area contributed by atoms with Crippen molar-refractivity contribution in [3.8, 4) is 0 Å². The summed E-state index contributed by atoms with van der Waals surface area (Å²) >= 11 is 0. The van der Waals surface area contributed by atoms with Crippen molar-refractivity contribution in [3.63, 3.8) is 0 Å². The van der Waals surface area contributed by atoms with Crippen molar-refractivity contribution in [2.75, 3.05) is 19.7 Å². The van der Waals surface area contributed by atoms with Gasteiger partial charge in [-0.1, -0.05) is 6.42 Å². The highest BCUT2D eigenvalue weighted by Gasteiger charge is 2.43. The van der Waals surface area contributed by atoms with Crippen LogP contribution in [-0.2, 0) is 4.74 Å². The van der Waals surface area contributed by atoms with E-state index >= 15 is 0 Å². The molecule has 0 radical (unpaired) electrons. The molecule has 4 fully saturated rings. The molecule has 1 aliphatic carbocycles. The van der Waals surface area contributed by atoms with Crippen LogP contribution < -0.4 is 5.32 Å². The summed E-state index contributed by atoms with van der Waals surface area (Å²) in [5.41, 5.74) is 0. The minimum atomic E-state index is 0.544. The number of nitrogens with one attached hydrogen (secondary N) is 1. The zero-order valence-corrected chi connectivity index (χ0v) is 11.3. The molecule has 1 N–H and O–H groups in total. The van der Waals surface area contributed by atoms with Crippen LogP contribution in [-0.4, -0.2) is 48.8 Å². The molecule has 3 heterocycles. The van der Waals surface area contributed by atoms with E-state index in [2.05, 4.69) is 10.2 Å². The fraction of sp³-hybridized carbons (Fsp3) is 1.00. The van der Waals surface area contributed by atoms with E-state index in [1.165, 1.54) is 58.0 Å². The third-order valence-corrected chi connectivity index (χ3v) is 5.51. The lowest BCUT2D eigenvalue weighted by Crippen LogP contribution is -2.50. The summed E-state index contributed by atoms with van der Waals surface area (Å²) in [5.74, 6) is 0.883. The van der Waals surface area contributed by atoms with Gasteiger partial charge in [0.25, 0.3) is 0 Å². The third-order valence-electron chi connectivity index (χ3n) is 5.51. The van der Waals surface area contributed by atoms with Crippen LogP contribution in [0.5, 0.6) is 0 Å². The van der Waals surface area contributed by atoms with Gasteiger partial charge in [-0.05, 0) is 51.0 Å². The van der Waals surface area contributed by atoms with Crippen LogP contribution in [0.25, 0.3) is 0 Å². The smallest absolute Gasteiger partial charge is 0.0757 e. The summed E-state index contributed by atoms with van der Waals surface area (Å²) in [6, 6.07) is 2.24. The van der Waals surface area contributed by atoms with Crippen LogP contribution in [0.3, 0.4) is 0 Å². The minimum absolute atomic E-state index is 0.544. The van der Waals surface area contributed by atoms with Crippen LogP contribution in [0, 0.1) is 5.92 Å². The van der Waals surface area contributed by atoms with E-state index in [0.717, 1.165) is 24.6 Å².